The van der Waals surface area contributed by atoms with Gasteiger partial charge in [0.25, 0.3) is 0 Å². The average molecular weight is 851 g/mol. The quantitative estimate of drug-likeness (QED) is 0.0435. The van der Waals surface area contributed by atoms with Gasteiger partial charge in [-0.2, -0.15) is 0 Å². The van der Waals surface area contributed by atoms with Gasteiger partial charge in [-0.3, -0.25) is 9.59 Å². The first kappa shape index (κ1) is 53.6. The third-order valence-corrected chi connectivity index (χ3v) is 11.4. The summed E-state index contributed by atoms with van der Waals surface area (Å²) < 4.78 is 21.9. The number of rotatable bonds is 34. The lowest BCUT2D eigenvalue weighted by Gasteiger charge is -2.38. The van der Waals surface area contributed by atoms with Crippen LogP contribution in [-0.4, -0.2) is 176 Å². The molecule has 59 heavy (non-hydrogen) atoms. The number of unbranched alkanes of at least 4 members (excludes halogenated alkanes) is 16. The van der Waals surface area contributed by atoms with E-state index in [0.717, 1.165) is 38.5 Å². The van der Waals surface area contributed by atoms with E-state index in [-0.39, 0.29) is 83.7 Å². The fourth-order valence-electron chi connectivity index (χ4n) is 7.58. The molecule has 2 aliphatic rings. The molecule has 2 heterocycles. The zero-order valence-corrected chi connectivity index (χ0v) is 36.2. The van der Waals surface area contributed by atoms with Crippen LogP contribution in [0.5, 0.6) is 0 Å². The smallest absolute Gasteiger partial charge is 0.222 e. The Labute approximate surface area is 353 Å². The molecule has 3 unspecified atom stereocenters. The van der Waals surface area contributed by atoms with Crippen molar-refractivity contribution in [3.8, 4) is 0 Å². The SMILES string of the molecule is CCCCCCCCCCCC(=O)N(CCOC[C@H]1O[C@H](O)[C@H](O)C(O)C1O)CC(O)CN(CCOC[C@H]1O[C@H](O)C[C@@H](O)[C@H]1O)C(=O)CCCCCCCCCCC. The van der Waals surface area contributed by atoms with Crippen molar-refractivity contribution < 1.29 is 69.4 Å². The molecule has 16 heteroatoms. The van der Waals surface area contributed by atoms with Crippen molar-refractivity contribution in [1.82, 2.24) is 9.80 Å². The average Bonchev–Trinajstić information content (AvgIpc) is 3.21. The summed E-state index contributed by atoms with van der Waals surface area (Å²) in [7, 11) is 0. The Hall–Kier alpha value is -1.54. The minimum absolute atomic E-state index is 0.00881. The first-order valence-corrected chi connectivity index (χ1v) is 22.9. The molecule has 2 saturated heterocycles. The van der Waals surface area contributed by atoms with Gasteiger partial charge in [0, 0.05) is 45.4 Å². The molecule has 2 amide bonds. The van der Waals surface area contributed by atoms with Crippen LogP contribution in [0, 0.1) is 0 Å². The van der Waals surface area contributed by atoms with Gasteiger partial charge in [-0.1, -0.05) is 117 Å². The molecule has 0 aliphatic carbocycles. The highest BCUT2D eigenvalue weighted by atomic mass is 16.6. The molecular formula is C43H82N2O14. The molecule has 0 spiro atoms. The zero-order chi connectivity index (χ0) is 43.4. The van der Waals surface area contributed by atoms with Crippen molar-refractivity contribution in [1.29, 1.82) is 0 Å². The number of carbonyl (C=O) groups excluding carboxylic acids is 2. The van der Waals surface area contributed by atoms with Gasteiger partial charge in [-0.15, -0.1) is 0 Å². The van der Waals surface area contributed by atoms with E-state index < -0.39 is 61.4 Å². The minimum Gasteiger partial charge on any atom is -0.390 e. The van der Waals surface area contributed by atoms with Crippen LogP contribution in [0.2, 0.25) is 0 Å². The Morgan fingerprint density at radius 2 is 0.966 bits per heavy atom. The number of hydrogen-bond donors (Lipinski definition) is 8. The zero-order valence-electron chi connectivity index (χ0n) is 36.2. The van der Waals surface area contributed by atoms with Gasteiger partial charge >= 0.3 is 0 Å². The van der Waals surface area contributed by atoms with Crippen LogP contribution in [0.3, 0.4) is 0 Å². The van der Waals surface area contributed by atoms with Crippen LogP contribution in [0.25, 0.3) is 0 Å². The van der Waals surface area contributed by atoms with Crippen molar-refractivity contribution in [3.63, 3.8) is 0 Å². The number of hydrogen-bond acceptors (Lipinski definition) is 14. The fraction of sp³-hybridized carbons (Fsp3) is 0.953. The molecule has 16 nitrogen and oxygen atoms in total. The third kappa shape index (κ3) is 22.4. The molecule has 8 N–H and O–H groups in total. The van der Waals surface area contributed by atoms with E-state index >= 15 is 0 Å². The number of nitrogens with zero attached hydrogens (tertiary/aromatic N) is 2. The molecule has 0 radical (unpaired) electrons. The molecule has 2 aliphatic heterocycles. The van der Waals surface area contributed by atoms with Crippen LogP contribution >= 0.6 is 0 Å². The van der Waals surface area contributed by atoms with Crippen LogP contribution < -0.4 is 0 Å². The standard InChI is InChI=1S/C43H82N2O14/c1-3-5-7-9-11-13-15-17-19-21-36(48)44(23-25-56-30-34-39(51)33(47)27-38(50)58-34)28-32(46)29-45(37(49)22-20-18-16-14-12-10-8-6-4-2)24-26-57-31-35-40(52)41(53)42(54)43(55)59-35/h32-35,38-43,46-47,50-55H,3-31H2,1-2H3/t32?,33-,34-,35-,38+,39-,40?,41?,42-,43+/m1/s1. The molecule has 10 atom stereocenters. The van der Waals surface area contributed by atoms with E-state index in [1.807, 2.05) is 0 Å². The summed E-state index contributed by atoms with van der Waals surface area (Å²) in [5.74, 6) is -0.336. The Bertz CT molecular complexity index is 1080. The Balaban J connectivity index is 2.00. The lowest BCUT2D eigenvalue weighted by atomic mass is 9.99. The maximum absolute atomic E-state index is 13.5. The first-order chi connectivity index (χ1) is 28.4. The Morgan fingerprint density at radius 1 is 0.559 bits per heavy atom. The number of carbonyl (C=O) groups is 2. The molecule has 0 saturated carbocycles. The molecule has 2 fully saturated rings. The van der Waals surface area contributed by atoms with Gasteiger partial charge in [0.05, 0.1) is 38.6 Å². The topological polar surface area (TPSA) is 239 Å². The second-order valence-corrected chi connectivity index (χ2v) is 16.6. The number of aliphatic hydroxyl groups is 8. The number of ether oxygens (including phenoxy) is 4. The Morgan fingerprint density at radius 3 is 1.41 bits per heavy atom. The van der Waals surface area contributed by atoms with Crippen molar-refractivity contribution in [2.45, 2.75) is 210 Å². The highest BCUT2D eigenvalue weighted by Gasteiger charge is 2.43. The van der Waals surface area contributed by atoms with Crippen molar-refractivity contribution >= 4 is 11.8 Å². The van der Waals surface area contributed by atoms with E-state index in [4.69, 9.17) is 18.9 Å². The van der Waals surface area contributed by atoms with Crippen molar-refractivity contribution in [2.75, 3.05) is 52.6 Å². The van der Waals surface area contributed by atoms with E-state index in [1.54, 1.807) is 0 Å². The highest BCUT2D eigenvalue weighted by Crippen LogP contribution is 2.21. The van der Waals surface area contributed by atoms with Gasteiger partial charge in [0.2, 0.25) is 11.8 Å². The lowest BCUT2D eigenvalue weighted by Crippen LogP contribution is -2.58. The van der Waals surface area contributed by atoms with Gasteiger partial charge in [-0.05, 0) is 12.8 Å². The highest BCUT2D eigenvalue weighted by molar-refractivity contribution is 5.77. The maximum atomic E-state index is 13.5. The summed E-state index contributed by atoms with van der Waals surface area (Å²) in [4.78, 5) is 30.1. The summed E-state index contributed by atoms with van der Waals surface area (Å²) in [5, 5.41) is 81.5. The van der Waals surface area contributed by atoms with Crippen LogP contribution in [-0.2, 0) is 28.5 Å². The van der Waals surface area contributed by atoms with E-state index in [2.05, 4.69) is 13.8 Å². The van der Waals surface area contributed by atoms with E-state index in [9.17, 15) is 50.4 Å². The summed E-state index contributed by atoms with van der Waals surface area (Å²) in [5.41, 5.74) is 0. The molecule has 0 aromatic carbocycles. The molecule has 0 aromatic rings. The van der Waals surface area contributed by atoms with Crippen molar-refractivity contribution in [3.05, 3.63) is 0 Å². The predicted octanol–water partition coefficient (Wildman–Crippen LogP) is 2.51. The largest absolute Gasteiger partial charge is 0.390 e. The summed E-state index contributed by atoms with van der Waals surface area (Å²) in [6, 6.07) is 0. The van der Waals surface area contributed by atoms with Crippen molar-refractivity contribution in [2.24, 2.45) is 0 Å². The maximum Gasteiger partial charge on any atom is 0.222 e. The molecule has 0 aromatic heterocycles. The number of aliphatic hydroxyl groups excluding tert-OH is 8. The second kappa shape index (κ2) is 32.2. The van der Waals surface area contributed by atoms with E-state index in [1.165, 1.54) is 74.0 Å². The van der Waals surface area contributed by atoms with Crippen LogP contribution in [0.15, 0.2) is 0 Å². The summed E-state index contributed by atoms with van der Waals surface area (Å²) in [6.07, 6.45) is 6.89. The second-order valence-electron chi connectivity index (χ2n) is 16.6. The van der Waals surface area contributed by atoms with E-state index in [0.29, 0.717) is 12.8 Å². The van der Waals surface area contributed by atoms with Crippen LogP contribution in [0.4, 0.5) is 0 Å². The number of amides is 2. The first-order valence-electron chi connectivity index (χ1n) is 22.9. The molecule has 0 bridgehead atoms. The van der Waals surface area contributed by atoms with Gasteiger partial charge in [-0.25, -0.2) is 0 Å². The summed E-state index contributed by atoms with van der Waals surface area (Å²) in [6.45, 7) is 4.12. The monoisotopic (exact) mass is 851 g/mol. The molecule has 348 valence electrons. The third-order valence-electron chi connectivity index (χ3n) is 11.4. The van der Waals surface area contributed by atoms with Gasteiger partial charge in [0.1, 0.15) is 36.6 Å². The molecular weight excluding hydrogens is 768 g/mol. The van der Waals surface area contributed by atoms with Gasteiger partial charge in [0.15, 0.2) is 12.6 Å². The molecule has 2 rings (SSSR count). The van der Waals surface area contributed by atoms with Crippen LogP contribution in [0.1, 0.15) is 149 Å². The Kier molecular flexibility index (Phi) is 29.2. The normalized spacial score (nSPS) is 26.5. The predicted molar refractivity (Wildman–Crippen MR) is 221 cm³/mol. The lowest BCUT2D eigenvalue weighted by molar-refractivity contribution is -0.288. The fourth-order valence-corrected chi connectivity index (χ4v) is 7.58. The summed E-state index contributed by atoms with van der Waals surface area (Å²) >= 11 is 0. The minimum atomic E-state index is -1.70. The van der Waals surface area contributed by atoms with Gasteiger partial charge < -0.3 is 69.6 Å².